The van der Waals surface area contributed by atoms with E-state index in [1.54, 1.807) is 19.1 Å². The third-order valence-electron chi connectivity index (χ3n) is 3.86. The van der Waals surface area contributed by atoms with E-state index in [1.807, 2.05) is 0 Å². The van der Waals surface area contributed by atoms with E-state index in [-0.39, 0.29) is 28.1 Å². The first kappa shape index (κ1) is 17.4. The Bertz CT molecular complexity index is 1100. The number of aromatic nitrogens is 2. The van der Waals surface area contributed by atoms with Crippen molar-refractivity contribution in [2.75, 3.05) is 0 Å². The lowest BCUT2D eigenvalue weighted by Crippen LogP contribution is -2.04. The summed E-state index contributed by atoms with van der Waals surface area (Å²) in [5, 5.41) is 7.96. The fourth-order valence-corrected chi connectivity index (χ4v) is 2.76. The Morgan fingerprint density at radius 1 is 0.926 bits per heavy atom. The maximum atomic E-state index is 13.0. The molecule has 9 heteroatoms. The summed E-state index contributed by atoms with van der Waals surface area (Å²) in [5.74, 6) is 1.28. The van der Waals surface area contributed by atoms with Gasteiger partial charge in [0.1, 0.15) is 11.5 Å². The standard InChI is InChI=1S/C18H10ClF3N2O3/c1-9-11(16-23-24-17(27-16)14-3-2-6-25-14)8-15(26-9)12-7-10(18(20,21)22)4-5-13(12)19/h2-8H,1H3. The van der Waals surface area contributed by atoms with Gasteiger partial charge in [-0.15, -0.1) is 10.2 Å². The summed E-state index contributed by atoms with van der Waals surface area (Å²) in [4.78, 5) is 0. The fourth-order valence-electron chi connectivity index (χ4n) is 2.55. The summed E-state index contributed by atoms with van der Waals surface area (Å²) in [6.45, 7) is 1.64. The number of aryl methyl sites for hydroxylation is 1. The van der Waals surface area contributed by atoms with Crippen molar-refractivity contribution in [3.05, 3.63) is 59.0 Å². The third kappa shape index (κ3) is 3.23. The van der Waals surface area contributed by atoms with Crippen molar-refractivity contribution in [1.82, 2.24) is 10.2 Å². The van der Waals surface area contributed by atoms with Crippen molar-refractivity contribution in [2.24, 2.45) is 0 Å². The van der Waals surface area contributed by atoms with Crippen molar-refractivity contribution in [1.29, 1.82) is 0 Å². The van der Waals surface area contributed by atoms with Gasteiger partial charge >= 0.3 is 6.18 Å². The van der Waals surface area contributed by atoms with Crippen LogP contribution in [0.25, 0.3) is 34.4 Å². The topological polar surface area (TPSA) is 65.2 Å². The molecule has 4 rings (SSSR count). The number of nitrogens with zero attached hydrogens (tertiary/aromatic N) is 2. The van der Waals surface area contributed by atoms with Gasteiger partial charge < -0.3 is 13.3 Å². The maximum Gasteiger partial charge on any atom is 0.416 e. The van der Waals surface area contributed by atoms with Gasteiger partial charge in [-0.3, -0.25) is 0 Å². The molecule has 0 radical (unpaired) electrons. The summed E-state index contributed by atoms with van der Waals surface area (Å²) < 4.78 is 55.3. The molecule has 138 valence electrons. The van der Waals surface area contributed by atoms with Crippen LogP contribution in [0.15, 0.2) is 55.9 Å². The molecule has 0 aliphatic carbocycles. The van der Waals surface area contributed by atoms with Gasteiger partial charge in [0.05, 0.1) is 22.4 Å². The minimum absolute atomic E-state index is 0.117. The largest absolute Gasteiger partial charge is 0.460 e. The third-order valence-corrected chi connectivity index (χ3v) is 4.19. The predicted molar refractivity (Wildman–Crippen MR) is 89.9 cm³/mol. The molecule has 0 saturated carbocycles. The molecular formula is C18H10ClF3N2O3. The molecule has 3 heterocycles. The fraction of sp³-hybridized carbons (Fsp3) is 0.111. The molecule has 4 aromatic rings. The summed E-state index contributed by atoms with van der Waals surface area (Å²) in [6, 6.07) is 7.88. The Hall–Kier alpha value is -3.00. The van der Waals surface area contributed by atoms with Crippen molar-refractivity contribution < 1.29 is 26.4 Å². The maximum absolute atomic E-state index is 13.0. The number of hydrogen-bond acceptors (Lipinski definition) is 5. The van der Waals surface area contributed by atoms with Crippen LogP contribution in [0.2, 0.25) is 5.02 Å². The average Bonchev–Trinajstić information content (AvgIpc) is 3.34. The molecule has 0 fully saturated rings. The van der Waals surface area contributed by atoms with Crippen LogP contribution in [0.1, 0.15) is 11.3 Å². The van der Waals surface area contributed by atoms with E-state index in [0.29, 0.717) is 17.1 Å². The Labute approximate surface area is 155 Å². The highest BCUT2D eigenvalue weighted by Crippen LogP contribution is 2.39. The lowest BCUT2D eigenvalue weighted by atomic mass is 10.1. The van der Waals surface area contributed by atoms with Crippen molar-refractivity contribution >= 4 is 11.6 Å². The molecule has 5 nitrogen and oxygen atoms in total. The second-order valence-electron chi connectivity index (χ2n) is 5.66. The van der Waals surface area contributed by atoms with Gasteiger partial charge in [-0.25, -0.2) is 0 Å². The molecule has 0 amide bonds. The van der Waals surface area contributed by atoms with Gasteiger partial charge in [-0.2, -0.15) is 13.2 Å². The zero-order valence-electron chi connectivity index (χ0n) is 13.7. The molecule has 0 unspecified atom stereocenters. The molecule has 0 aliphatic heterocycles. The van der Waals surface area contributed by atoms with Crippen LogP contribution in [0.5, 0.6) is 0 Å². The number of furan rings is 2. The Morgan fingerprint density at radius 3 is 2.41 bits per heavy atom. The van der Waals surface area contributed by atoms with Crippen LogP contribution in [0.4, 0.5) is 13.2 Å². The van der Waals surface area contributed by atoms with E-state index in [0.717, 1.165) is 12.1 Å². The van der Waals surface area contributed by atoms with Gasteiger partial charge in [-0.1, -0.05) is 11.6 Å². The Morgan fingerprint density at radius 2 is 1.70 bits per heavy atom. The van der Waals surface area contributed by atoms with E-state index in [9.17, 15) is 13.2 Å². The minimum atomic E-state index is -4.49. The second-order valence-corrected chi connectivity index (χ2v) is 6.07. The molecule has 0 aliphatic rings. The van der Waals surface area contributed by atoms with Crippen LogP contribution < -0.4 is 0 Å². The first-order chi connectivity index (χ1) is 12.8. The molecule has 27 heavy (non-hydrogen) atoms. The predicted octanol–water partition coefficient (Wildman–Crippen LogP) is 6.24. The highest BCUT2D eigenvalue weighted by atomic mass is 35.5. The van der Waals surface area contributed by atoms with Gasteiger partial charge in [0, 0.05) is 5.56 Å². The zero-order valence-corrected chi connectivity index (χ0v) is 14.4. The van der Waals surface area contributed by atoms with E-state index in [4.69, 9.17) is 24.9 Å². The van der Waals surface area contributed by atoms with E-state index >= 15 is 0 Å². The van der Waals surface area contributed by atoms with E-state index < -0.39 is 11.7 Å². The SMILES string of the molecule is Cc1oc(-c2cc(C(F)(F)F)ccc2Cl)cc1-c1nnc(-c2ccco2)o1. The molecule has 1 aromatic carbocycles. The second kappa shape index (κ2) is 6.31. The summed E-state index contributed by atoms with van der Waals surface area (Å²) in [7, 11) is 0. The molecule has 0 saturated heterocycles. The van der Waals surface area contributed by atoms with Crippen molar-refractivity contribution in [2.45, 2.75) is 13.1 Å². The van der Waals surface area contributed by atoms with Gasteiger partial charge in [0.15, 0.2) is 5.76 Å². The van der Waals surface area contributed by atoms with Crippen molar-refractivity contribution in [3.63, 3.8) is 0 Å². The summed E-state index contributed by atoms with van der Waals surface area (Å²) in [6.07, 6.45) is -3.02. The van der Waals surface area contributed by atoms with Crippen LogP contribution in [-0.2, 0) is 6.18 Å². The average molecular weight is 395 g/mol. The van der Waals surface area contributed by atoms with Crippen LogP contribution in [0, 0.1) is 6.92 Å². The number of hydrogen-bond donors (Lipinski definition) is 0. The van der Waals surface area contributed by atoms with E-state index in [1.165, 1.54) is 18.4 Å². The summed E-state index contributed by atoms with van der Waals surface area (Å²) in [5.41, 5.74) is -0.259. The number of alkyl halides is 3. The Kier molecular flexibility index (Phi) is 4.07. The highest BCUT2D eigenvalue weighted by Gasteiger charge is 2.31. The minimum Gasteiger partial charge on any atom is -0.460 e. The first-order valence-corrected chi connectivity index (χ1v) is 8.06. The lowest BCUT2D eigenvalue weighted by Gasteiger charge is -2.08. The first-order valence-electron chi connectivity index (χ1n) is 7.68. The molecule has 0 spiro atoms. The van der Waals surface area contributed by atoms with Crippen molar-refractivity contribution in [3.8, 4) is 34.4 Å². The normalized spacial score (nSPS) is 11.9. The number of benzene rings is 1. The smallest absolute Gasteiger partial charge is 0.416 e. The van der Waals surface area contributed by atoms with Gasteiger partial charge in [0.25, 0.3) is 11.8 Å². The monoisotopic (exact) mass is 394 g/mol. The Balaban J connectivity index is 1.75. The lowest BCUT2D eigenvalue weighted by molar-refractivity contribution is -0.137. The molecule has 0 atom stereocenters. The molecule has 3 aromatic heterocycles. The van der Waals surface area contributed by atoms with Gasteiger partial charge in [-0.05, 0) is 43.3 Å². The van der Waals surface area contributed by atoms with E-state index in [2.05, 4.69) is 10.2 Å². The summed E-state index contributed by atoms with van der Waals surface area (Å²) >= 11 is 6.07. The zero-order chi connectivity index (χ0) is 19.2. The van der Waals surface area contributed by atoms with Crippen LogP contribution >= 0.6 is 11.6 Å². The molecule has 0 N–H and O–H groups in total. The number of rotatable bonds is 3. The van der Waals surface area contributed by atoms with Gasteiger partial charge in [0.2, 0.25) is 0 Å². The highest BCUT2D eigenvalue weighted by molar-refractivity contribution is 6.33. The molecular weight excluding hydrogens is 385 g/mol. The molecule has 0 bridgehead atoms. The van der Waals surface area contributed by atoms with Crippen LogP contribution in [-0.4, -0.2) is 10.2 Å². The quantitative estimate of drug-likeness (QED) is 0.411. The number of halogens is 4. The van der Waals surface area contributed by atoms with Crippen LogP contribution in [0.3, 0.4) is 0 Å².